The molecule has 0 fully saturated rings. The van der Waals surface area contributed by atoms with Crippen molar-refractivity contribution in [2.45, 2.75) is 38.5 Å². The van der Waals surface area contributed by atoms with Gasteiger partial charge in [0.15, 0.2) is 0 Å². The molecule has 10 rings (SSSR count). The molecule has 0 aliphatic carbocycles. The fourth-order valence-corrected chi connectivity index (χ4v) is 8.39. The van der Waals surface area contributed by atoms with Gasteiger partial charge >= 0.3 is 0 Å². The van der Waals surface area contributed by atoms with Crippen LogP contribution in [-0.2, 0) is 10.8 Å². The largest absolute Gasteiger partial charge is 0.309 e. The predicted molar refractivity (Wildman–Crippen MR) is 202 cm³/mol. The van der Waals surface area contributed by atoms with Gasteiger partial charge in [0.2, 0.25) is 0 Å². The molecule has 1 aliphatic heterocycles. The van der Waals surface area contributed by atoms with Gasteiger partial charge in [0.1, 0.15) is 5.65 Å². The monoisotopic (exact) mass is 633 g/mol. The van der Waals surface area contributed by atoms with Crippen LogP contribution < -0.4 is 0 Å². The van der Waals surface area contributed by atoms with Gasteiger partial charge in [-0.3, -0.25) is 4.57 Å². The van der Waals surface area contributed by atoms with Crippen molar-refractivity contribution in [1.82, 2.24) is 23.9 Å². The molecule has 9 aromatic rings. The molecule has 0 saturated carbocycles. The number of aromatic nitrogens is 5. The van der Waals surface area contributed by atoms with Gasteiger partial charge in [0.05, 0.1) is 34.1 Å². The first-order valence-electron chi connectivity index (χ1n) is 17.0. The van der Waals surface area contributed by atoms with E-state index in [2.05, 4.69) is 169 Å². The number of benzene rings is 5. The second-order valence-corrected chi connectivity index (χ2v) is 14.4. The molecule has 4 aromatic heterocycles. The molecule has 0 bridgehead atoms. The van der Waals surface area contributed by atoms with Crippen LogP contribution in [-0.4, -0.2) is 23.9 Å². The number of pyridine rings is 1. The van der Waals surface area contributed by atoms with E-state index in [1.54, 1.807) is 0 Å². The lowest BCUT2D eigenvalue weighted by atomic mass is 9.59. The summed E-state index contributed by atoms with van der Waals surface area (Å²) in [4.78, 5) is 4.86. The van der Waals surface area contributed by atoms with Crippen molar-refractivity contribution >= 4 is 43.7 Å². The number of rotatable bonds is 3. The van der Waals surface area contributed by atoms with Crippen molar-refractivity contribution in [3.8, 4) is 28.2 Å². The molecule has 236 valence electrons. The molecular weight excluding hydrogens is 599 g/mol. The van der Waals surface area contributed by atoms with Crippen LogP contribution in [0, 0.1) is 0 Å². The molecule has 0 radical (unpaired) electrons. The Labute approximate surface area is 284 Å². The first kappa shape index (κ1) is 28.1. The van der Waals surface area contributed by atoms with E-state index >= 15 is 0 Å². The quantitative estimate of drug-likeness (QED) is 0.194. The smallest absolute Gasteiger partial charge is 0.145 e. The number of para-hydroxylation sites is 2. The van der Waals surface area contributed by atoms with Gasteiger partial charge in [-0.25, -0.2) is 9.67 Å². The van der Waals surface area contributed by atoms with Crippen LogP contribution in [0.4, 0.5) is 0 Å². The predicted octanol–water partition coefficient (Wildman–Crippen LogP) is 10.7. The average molecular weight is 634 g/mol. The maximum Gasteiger partial charge on any atom is 0.145 e. The Morgan fingerprint density at radius 1 is 0.531 bits per heavy atom. The molecule has 0 spiro atoms. The first-order chi connectivity index (χ1) is 23.8. The summed E-state index contributed by atoms with van der Waals surface area (Å²) in [7, 11) is 0. The summed E-state index contributed by atoms with van der Waals surface area (Å²) in [5.41, 5.74) is 12.4. The first-order valence-corrected chi connectivity index (χ1v) is 17.0. The van der Waals surface area contributed by atoms with Crippen LogP contribution >= 0.6 is 0 Å². The van der Waals surface area contributed by atoms with Crippen molar-refractivity contribution in [2.75, 3.05) is 0 Å². The molecule has 5 aromatic carbocycles. The van der Waals surface area contributed by atoms with Gasteiger partial charge in [0, 0.05) is 55.5 Å². The topological polar surface area (TPSA) is 40.6 Å². The Morgan fingerprint density at radius 2 is 1.16 bits per heavy atom. The standard InChI is InChI=1S/C44H35N5/c1-43(2)36-23-21-29(26-40(36)49-41(44(43,3)4)35(27-46-49)28-13-6-5-7-14-28)47-37-18-10-8-15-31(37)33-22-20-30(25-39(33)47)48-38-19-11-9-16-32(38)34-17-12-24-45-42(34)48/h5-27H,1-4H3. The van der Waals surface area contributed by atoms with E-state index < -0.39 is 0 Å². The van der Waals surface area contributed by atoms with Crippen molar-refractivity contribution in [3.05, 3.63) is 151 Å². The lowest BCUT2D eigenvalue weighted by Crippen LogP contribution is -2.46. The molecule has 0 atom stereocenters. The highest BCUT2D eigenvalue weighted by molar-refractivity contribution is 6.11. The summed E-state index contributed by atoms with van der Waals surface area (Å²) in [6, 6.07) is 46.0. The zero-order valence-corrected chi connectivity index (χ0v) is 28.0. The number of hydrogen-bond acceptors (Lipinski definition) is 2. The van der Waals surface area contributed by atoms with Crippen molar-refractivity contribution in [1.29, 1.82) is 0 Å². The summed E-state index contributed by atoms with van der Waals surface area (Å²) in [5, 5.41) is 9.90. The van der Waals surface area contributed by atoms with E-state index in [-0.39, 0.29) is 10.8 Å². The Bertz CT molecular complexity index is 2720. The maximum absolute atomic E-state index is 5.09. The highest BCUT2D eigenvalue weighted by Crippen LogP contribution is 2.52. The summed E-state index contributed by atoms with van der Waals surface area (Å²) >= 11 is 0. The normalized spacial score (nSPS) is 14.9. The average Bonchev–Trinajstić information content (AvgIpc) is 3.82. The van der Waals surface area contributed by atoms with Crippen LogP contribution in [0.5, 0.6) is 0 Å². The third kappa shape index (κ3) is 3.70. The summed E-state index contributed by atoms with van der Waals surface area (Å²) in [5.74, 6) is 0. The molecule has 5 nitrogen and oxygen atoms in total. The number of fused-ring (bicyclic) bond motifs is 9. The van der Waals surface area contributed by atoms with Crippen molar-refractivity contribution < 1.29 is 0 Å². The van der Waals surface area contributed by atoms with Gasteiger partial charge in [-0.15, -0.1) is 0 Å². The molecular formula is C44H35N5. The van der Waals surface area contributed by atoms with E-state index in [0.29, 0.717) is 0 Å². The van der Waals surface area contributed by atoms with Crippen molar-refractivity contribution in [2.24, 2.45) is 0 Å². The van der Waals surface area contributed by atoms with Gasteiger partial charge in [-0.1, -0.05) is 107 Å². The molecule has 0 unspecified atom stereocenters. The zero-order chi connectivity index (χ0) is 33.1. The highest BCUT2D eigenvalue weighted by atomic mass is 15.3. The minimum Gasteiger partial charge on any atom is -0.309 e. The molecule has 49 heavy (non-hydrogen) atoms. The lowest BCUT2D eigenvalue weighted by molar-refractivity contribution is 0.276. The molecule has 0 N–H and O–H groups in total. The molecule has 1 aliphatic rings. The van der Waals surface area contributed by atoms with Crippen LogP contribution in [0.2, 0.25) is 0 Å². The molecule has 5 heterocycles. The van der Waals surface area contributed by atoms with E-state index in [9.17, 15) is 0 Å². The molecule has 5 heteroatoms. The van der Waals surface area contributed by atoms with E-state index in [4.69, 9.17) is 10.1 Å². The van der Waals surface area contributed by atoms with Crippen LogP contribution in [0.3, 0.4) is 0 Å². The Morgan fingerprint density at radius 3 is 1.96 bits per heavy atom. The Kier molecular flexibility index (Phi) is 5.62. The Balaban J connectivity index is 1.24. The van der Waals surface area contributed by atoms with Gasteiger partial charge < -0.3 is 4.57 Å². The molecule has 0 saturated heterocycles. The fraction of sp³-hybridized carbons (Fsp3) is 0.136. The van der Waals surface area contributed by atoms with Crippen LogP contribution in [0.1, 0.15) is 39.0 Å². The third-order valence-electron chi connectivity index (χ3n) is 11.5. The minimum atomic E-state index is -0.165. The minimum absolute atomic E-state index is 0.141. The van der Waals surface area contributed by atoms with Gasteiger partial charge in [-0.2, -0.15) is 5.10 Å². The van der Waals surface area contributed by atoms with E-state index in [1.165, 1.54) is 44.1 Å². The van der Waals surface area contributed by atoms with Crippen LogP contribution in [0.15, 0.2) is 140 Å². The maximum atomic E-state index is 5.09. The fourth-order valence-electron chi connectivity index (χ4n) is 8.39. The number of nitrogens with zero attached hydrogens (tertiary/aromatic N) is 5. The SMILES string of the molecule is CC1(C)c2ccc(-n3c4ccccc4c4ccc(-n5c6ccccc6c6cccnc65)cc43)cc2-n2ncc(-c3ccccc3)c2C1(C)C. The van der Waals surface area contributed by atoms with E-state index in [0.717, 1.165) is 39.1 Å². The van der Waals surface area contributed by atoms with E-state index in [1.807, 2.05) is 12.3 Å². The summed E-state index contributed by atoms with van der Waals surface area (Å²) < 4.78 is 6.92. The molecule has 0 amide bonds. The zero-order valence-electron chi connectivity index (χ0n) is 28.0. The Hall–Kier alpha value is -5.94. The second-order valence-electron chi connectivity index (χ2n) is 14.4. The second kappa shape index (κ2) is 9.80. The third-order valence-corrected chi connectivity index (χ3v) is 11.5. The van der Waals surface area contributed by atoms with Gasteiger partial charge in [0.25, 0.3) is 0 Å². The van der Waals surface area contributed by atoms with Gasteiger partial charge in [-0.05, 0) is 59.7 Å². The lowest BCUT2D eigenvalue weighted by Gasteiger charge is -2.47. The van der Waals surface area contributed by atoms with Crippen molar-refractivity contribution in [3.63, 3.8) is 0 Å². The van der Waals surface area contributed by atoms with Crippen LogP contribution in [0.25, 0.3) is 71.9 Å². The summed E-state index contributed by atoms with van der Waals surface area (Å²) in [6.07, 6.45) is 3.94. The highest BCUT2D eigenvalue weighted by Gasteiger charge is 2.48. The number of hydrogen-bond donors (Lipinski definition) is 0. The summed E-state index contributed by atoms with van der Waals surface area (Å²) in [6.45, 7) is 9.48.